The molecule has 3 heterocycles. The van der Waals surface area contributed by atoms with Gasteiger partial charge in [-0.15, -0.1) is 11.3 Å². The number of nitrogens with zero attached hydrogens (tertiary/aromatic N) is 2. The number of benzene rings is 1. The predicted molar refractivity (Wildman–Crippen MR) is 128 cm³/mol. The summed E-state index contributed by atoms with van der Waals surface area (Å²) in [5.41, 5.74) is 0.687. The van der Waals surface area contributed by atoms with Gasteiger partial charge in [-0.1, -0.05) is 0 Å². The predicted octanol–water partition coefficient (Wildman–Crippen LogP) is 2.78. The zero-order valence-corrected chi connectivity index (χ0v) is 20.2. The van der Waals surface area contributed by atoms with Crippen LogP contribution in [0.2, 0.25) is 0 Å². The van der Waals surface area contributed by atoms with Crippen LogP contribution in [0.5, 0.6) is 17.2 Å². The monoisotopic (exact) mass is 485 g/mol. The van der Waals surface area contributed by atoms with Crippen LogP contribution in [0.15, 0.2) is 27.8 Å². The third-order valence-electron chi connectivity index (χ3n) is 5.76. The first kappa shape index (κ1) is 23.2. The molecule has 0 aliphatic carbocycles. The fourth-order valence-corrected chi connectivity index (χ4v) is 5.09. The molecule has 4 aromatic rings. The Balaban J connectivity index is 2.18. The highest BCUT2D eigenvalue weighted by Gasteiger charge is 2.29. The summed E-state index contributed by atoms with van der Waals surface area (Å²) in [5.74, 6) is -0.0264. The van der Waals surface area contributed by atoms with Gasteiger partial charge in [0, 0.05) is 30.1 Å². The molecule has 11 heteroatoms. The molecule has 1 aromatic carbocycles. The van der Waals surface area contributed by atoms with Crippen molar-refractivity contribution >= 4 is 28.3 Å². The van der Waals surface area contributed by atoms with E-state index in [9.17, 15) is 19.5 Å². The van der Waals surface area contributed by atoms with Gasteiger partial charge in [0.25, 0.3) is 5.56 Å². The summed E-state index contributed by atoms with van der Waals surface area (Å²) in [6.45, 7) is 1.68. The molecule has 0 spiro atoms. The molecular weight excluding hydrogens is 462 g/mol. The lowest BCUT2D eigenvalue weighted by Crippen LogP contribution is -2.36. The van der Waals surface area contributed by atoms with Crippen molar-refractivity contribution < 1.29 is 24.1 Å². The SMILES string of the molecule is COC(=O)c1c(C)sc(-c2c(-c3ccc(OC)c(OC)c3)[nH]c3c2c(=O)n(C)c(=O)n3C)c1O. The van der Waals surface area contributed by atoms with Crippen LogP contribution >= 0.6 is 11.3 Å². The van der Waals surface area contributed by atoms with E-state index >= 15 is 0 Å². The summed E-state index contributed by atoms with van der Waals surface area (Å²) >= 11 is 1.15. The number of thiophene rings is 1. The number of methoxy groups -OCH3 is 3. The molecule has 0 unspecified atom stereocenters. The maximum absolute atomic E-state index is 13.3. The zero-order valence-electron chi connectivity index (χ0n) is 19.4. The summed E-state index contributed by atoms with van der Waals surface area (Å²) in [7, 11) is 7.18. The number of rotatable bonds is 5. The highest BCUT2D eigenvalue weighted by molar-refractivity contribution is 7.16. The highest BCUT2D eigenvalue weighted by Crippen LogP contribution is 2.48. The van der Waals surface area contributed by atoms with E-state index in [0.717, 1.165) is 15.9 Å². The van der Waals surface area contributed by atoms with E-state index < -0.39 is 17.2 Å². The molecule has 0 radical (unpaired) electrons. The van der Waals surface area contributed by atoms with Gasteiger partial charge >= 0.3 is 11.7 Å². The zero-order chi connectivity index (χ0) is 24.9. The van der Waals surface area contributed by atoms with Crippen molar-refractivity contribution in [1.29, 1.82) is 0 Å². The second-order valence-corrected chi connectivity index (χ2v) is 8.80. The summed E-state index contributed by atoms with van der Waals surface area (Å²) in [6.07, 6.45) is 0. The fourth-order valence-electron chi connectivity index (χ4n) is 4.00. The molecule has 2 N–H and O–H groups in total. The van der Waals surface area contributed by atoms with E-state index in [2.05, 4.69) is 4.98 Å². The summed E-state index contributed by atoms with van der Waals surface area (Å²) < 4.78 is 17.9. The van der Waals surface area contributed by atoms with Gasteiger partial charge in [0.2, 0.25) is 0 Å². The van der Waals surface area contributed by atoms with Gasteiger partial charge in [0.1, 0.15) is 17.0 Å². The van der Waals surface area contributed by atoms with E-state index in [1.54, 1.807) is 32.2 Å². The molecule has 0 saturated carbocycles. The van der Waals surface area contributed by atoms with E-state index in [4.69, 9.17) is 14.2 Å². The molecule has 4 rings (SSSR count). The molecule has 0 bridgehead atoms. The van der Waals surface area contributed by atoms with E-state index in [-0.39, 0.29) is 22.3 Å². The molecule has 0 fully saturated rings. The van der Waals surface area contributed by atoms with Crippen molar-refractivity contribution in [2.24, 2.45) is 14.1 Å². The molecule has 3 aromatic heterocycles. The first-order valence-corrected chi connectivity index (χ1v) is 10.9. The Bertz CT molecular complexity index is 1570. The number of ether oxygens (including phenoxy) is 3. The fraction of sp³-hybridized carbons (Fsp3) is 0.261. The van der Waals surface area contributed by atoms with Crippen LogP contribution < -0.4 is 20.7 Å². The smallest absolute Gasteiger partial charge is 0.342 e. The Labute approximate surface area is 197 Å². The Morgan fingerprint density at radius 1 is 1.06 bits per heavy atom. The molecular formula is C23H23N3O7S. The number of aryl methyl sites for hydroxylation is 2. The lowest BCUT2D eigenvalue weighted by molar-refractivity contribution is 0.0597. The number of esters is 1. The number of aromatic hydroxyl groups is 1. The average Bonchev–Trinajstić information content (AvgIpc) is 3.37. The van der Waals surface area contributed by atoms with Crippen LogP contribution in [0.1, 0.15) is 15.2 Å². The molecule has 0 aliphatic heterocycles. The van der Waals surface area contributed by atoms with E-state index in [1.807, 2.05) is 0 Å². The lowest BCUT2D eigenvalue weighted by Gasteiger charge is -2.10. The Hall–Kier alpha value is -3.99. The largest absolute Gasteiger partial charge is 0.505 e. The van der Waals surface area contributed by atoms with Gasteiger partial charge < -0.3 is 24.3 Å². The number of H-pyrrole nitrogens is 1. The molecule has 34 heavy (non-hydrogen) atoms. The molecule has 0 amide bonds. The quantitative estimate of drug-likeness (QED) is 0.417. The molecule has 178 valence electrons. The Kier molecular flexibility index (Phi) is 5.74. The maximum atomic E-state index is 13.3. The molecule has 10 nitrogen and oxygen atoms in total. The van der Waals surface area contributed by atoms with Crippen molar-refractivity contribution in [3.05, 3.63) is 49.5 Å². The van der Waals surface area contributed by atoms with Crippen LogP contribution in [0.25, 0.3) is 32.7 Å². The number of carbonyl (C=O) groups is 1. The number of hydrogen-bond donors (Lipinski definition) is 2. The van der Waals surface area contributed by atoms with Crippen LogP contribution in [-0.4, -0.2) is 46.5 Å². The van der Waals surface area contributed by atoms with Gasteiger partial charge in [-0.3, -0.25) is 13.9 Å². The highest BCUT2D eigenvalue weighted by atomic mass is 32.1. The van der Waals surface area contributed by atoms with Crippen molar-refractivity contribution in [2.45, 2.75) is 6.92 Å². The minimum Gasteiger partial charge on any atom is -0.505 e. The van der Waals surface area contributed by atoms with Crippen LogP contribution in [0, 0.1) is 6.92 Å². The number of carbonyl (C=O) groups excluding carboxylic acids is 1. The van der Waals surface area contributed by atoms with Crippen molar-refractivity contribution in [2.75, 3.05) is 21.3 Å². The van der Waals surface area contributed by atoms with Gasteiger partial charge in [-0.2, -0.15) is 0 Å². The topological polar surface area (TPSA) is 125 Å². The second kappa shape index (κ2) is 8.41. The number of aromatic nitrogens is 3. The summed E-state index contributed by atoms with van der Waals surface area (Å²) in [5, 5.41) is 11.3. The minimum atomic E-state index is -0.690. The van der Waals surface area contributed by atoms with Crippen molar-refractivity contribution in [3.8, 4) is 38.9 Å². The molecule has 0 aliphatic rings. The first-order valence-electron chi connectivity index (χ1n) is 10.1. The van der Waals surface area contributed by atoms with Gasteiger partial charge in [0.05, 0.1) is 37.3 Å². The standard InChI is InChI=1S/C23H23N3O7S/c1-10-14(22(29)33-6)18(27)19(34-10)15-16-20(25(2)23(30)26(3)21(16)28)24-17(15)11-7-8-12(31-4)13(9-11)32-5/h7-9,24,27H,1-6H3. The normalized spacial score (nSPS) is 11.1. The van der Waals surface area contributed by atoms with Gasteiger partial charge in [-0.05, 0) is 25.1 Å². The van der Waals surface area contributed by atoms with Crippen molar-refractivity contribution in [3.63, 3.8) is 0 Å². The Morgan fingerprint density at radius 3 is 2.35 bits per heavy atom. The number of hydrogen-bond acceptors (Lipinski definition) is 8. The van der Waals surface area contributed by atoms with Gasteiger partial charge in [-0.25, -0.2) is 9.59 Å². The van der Waals surface area contributed by atoms with Crippen LogP contribution in [-0.2, 0) is 18.8 Å². The minimum absolute atomic E-state index is 0.0248. The van der Waals surface area contributed by atoms with Crippen LogP contribution in [0.3, 0.4) is 0 Å². The molecule has 0 atom stereocenters. The lowest BCUT2D eigenvalue weighted by atomic mass is 10.0. The summed E-state index contributed by atoms with van der Waals surface area (Å²) in [4.78, 5) is 42.2. The number of aromatic amines is 1. The average molecular weight is 486 g/mol. The third kappa shape index (κ3) is 3.27. The third-order valence-corrected chi connectivity index (χ3v) is 6.87. The first-order chi connectivity index (χ1) is 16.2. The van der Waals surface area contributed by atoms with Gasteiger partial charge in [0.15, 0.2) is 11.5 Å². The Morgan fingerprint density at radius 2 is 1.74 bits per heavy atom. The number of fused-ring (bicyclic) bond motifs is 1. The van der Waals surface area contributed by atoms with E-state index in [1.165, 1.54) is 32.9 Å². The second-order valence-electron chi connectivity index (χ2n) is 7.58. The van der Waals surface area contributed by atoms with Crippen molar-refractivity contribution in [1.82, 2.24) is 14.1 Å². The number of nitrogens with one attached hydrogen (secondary N) is 1. The molecule has 0 saturated heterocycles. The maximum Gasteiger partial charge on any atom is 0.342 e. The summed E-state index contributed by atoms with van der Waals surface area (Å²) in [6, 6.07) is 5.19. The van der Waals surface area contributed by atoms with Crippen LogP contribution in [0.4, 0.5) is 0 Å². The van der Waals surface area contributed by atoms with E-state index in [0.29, 0.717) is 38.1 Å².